The highest BCUT2D eigenvalue weighted by Crippen LogP contribution is 2.22. The largest absolute Gasteiger partial charge is 0.330 e. The lowest BCUT2D eigenvalue weighted by Gasteiger charge is -2.08. The Balaban J connectivity index is 2.68. The van der Waals surface area contributed by atoms with Crippen molar-refractivity contribution in [2.75, 3.05) is 6.54 Å². The second-order valence-electron chi connectivity index (χ2n) is 4.42. The van der Waals surface area contributed by atoms with Gasteiger partial charge in [-0.15, -0.1) is 0 Å². The van der Waals surface area contributed by atoms with Crippen molar-refractivity contribution in [3.8, 4) is 0 Å². The summed E-state index contributed by atoms with van der Waals surface area (Å²) in [7, 11) is 0. The first-order valence-corrected chi connectivity index (χ1v) is 6.59. The van der Waals surface area contributed by atoms with Crippen molar-refractivity contribution in [1.82, 2.24) is 0 Å². The van der Waals surface area contributed by atoms with E-state index in [1.54, 1.807) is 0 Å². The van der Waals surface area contributed by atoms with Crippen molar-refractivity contribution in [3.05, 3.63) is 33.8 Å². The molecule has 0 saturated carbocycles. The van der Waals surface area contributed by atoms with Gasteiger partial charge in [0.05, 0.1) is 4.47 Å². The molecular formula is C13H16BrF2NO. The van der Waals surface area contributed by atoms with Crippen LogP contribution in [0.25, 0.3) is 0 Å². The van der Waals surface area contributed by atoms with Gasteiger partial charge in [0.25, 0.3) is 0 Å². The molecule has 0 radical (unpaired) electrons. The van der Waals surface area contributed by atoms with E-state index in [1.807, 2.05) is 6.92 Å². The molecule has 0 spiro atoms. The Morgan fingerprint density at radius 2 is 2.11 bits per heavy atom. The molecule has 0 saturated heterocycles. The number of nitrogens with two attached hydrogens (primary N) is 1. The number of Topliss-reactive ketones (excluding diaryl/α,β-unsaturated/α-hetero) is 1. The molecule has 2 nitrogen and oxygen atoms in total. The Morgan fingerprint density at radius 3 is 2.72 bits per heavy atom. The number of rotatable bonds is 6. The summed E-state index contributed by atoms with van der Waals surface area (Å²) in [6.07, 6.45) is 0.727. The van der Waals surface area contributed by atoms with Gasteiger partial charge in [0.2, 0.25) is 0 Å². The van der Waals surface area contributed by atoms with Gasteiger partial charge in [-0.25, -0.2) is 8.78 Å². The summed E-state index contributed by atoms with van der Waals surface area (Å²) < 4.78 is 27.2. The van der Waals surface area contributed by atoms with Crippen molar-refractivity contribution >= 4 is 21.7 Å². The van der Waals surface area contributed by atoms with Crippen molar-refractivity contribution in [2.45, 2.75) is 26.2 Å². The first-order chi connectivity index (χ1) is 8.45. The Bertz CT molecular complexity index is 437. The third-order valence-electron chi connectivity index (χ3n) is 2.83. The molecule has 0 amide bonds. The predicted octanol–water partition coefficient (Wildman–Crippen LogP) is 3.21. The molecule has 100 valence electrons. The van der Waals surface area contributed by atoms with Crippen molar-refractivity contribution < 1.29 is 13.6 Å². The van der Waals surface area contributed by atoms with Gasteiger partial charge in [-0.3, -0.25) is 4.79 Å². The monoisotopic (exact) mass is 319 g/mol. The van der Waals surface area contributed by atoms with E-state index < -0.39 is 11.6 Å². The van der Waals surface area contributed by atoms with E-state index in [0.29, 0.717) is 19.4 Å². The van der Waals surface area contributed by atoms with Crippen LogP contribution in [0.4, 0.5) is 8.78 Å². The molecule has 1 atom stereocenters. The van der Waals surface area contributed by atoms with Gasteiger partial charge in [0.1, 0.15) is 17.4 Å². The molecule has 0 aliphatic carbocycles. The lowest BCUT2D eigenvalue weighted by Crippen LogP contribution is -2.14. The first-order valence-electron chi connectivity index (χ1n) is 5.79. The van der Waals surface area contributed by atoms with Crippen molar-refractivity contribution in [2.24, 2.45) is 11.7 Å². The summed E-state index contributed by atoms with van der Waals surface area (Å²) >= 11 is 2.97. The number of carbonyl (C=O) groups excluding carboxylic acids is 1. The number of ketones is 1. The lowest BCUT2D eigenvalue weighted by atomic mass is 9.99. The zero-order chi connectivity index (χ0) is 13.7. The normalized spacial score (nSPS) is 12.5. The van der Waals surface area contributed by atoms with Gasteiger partial charge in [-0.05, 0) is 46.9 Å². The van der Waals surface area contributed by atoms with Crippen molar-refractivity contribution in [3.63, 3.8) is 0 Å². The number of benzene rings is 1. The molecule has 0 aliphatic heterocycles. The molecule has 0 aliphatic rings. The number of hydrogen-bond acceptors (Lipinski definition) is 2. The minimum Gasteiger partial charge on any atom is -0.330 e. The standard InChI is InChI=1S/C13H16BrF2NO/c1-8(7-17)2-3-9(18)6-10-12(15)5-4-11(14)13(10)16/h4-5,8H,2-3,6-7,17H2,1H3. The van der Waals surface area contributed by atoms with Crippen LogP contribution >= 0.6 is 15.9 Å². The summed E-state index contributed by atoms with van der Waals surface area (Å²) in [6, 6.07) is 2.44. The molecule has 1 aromatic rings. The smallest absolute Gasteiger partial charge is 0.143 e. The van der Waals surface area contributed by atoms with Gasteiger partial charge in [-0.2, -0.15) is 0 Å². The average Bonchev–Trinajstić information content (AvgIpc) is 2.36. The fraction of sp³-hybridized carbons (Fsp3) is 0.462. The highest BCUT2D eigenvalue weighted by molar-refractivity contribution is 9.10. The Kier molecular flexibility index (Phi) is 5.88. The van der Waals surface area contributed by atoms with Gasteiger partial charge in [-0.1, -0.05) is 6.92 Å². The van der Waals surface area contributed by atoms with Crippen LogP contribution in [0.2, 0.25) is 0 Å². The third-order valence-corrected chi connectivity index (χ3v) is 3.44. The first kappa shape index (κ1) is 15.2. The van der Waals surface area contributed by atoms with E-state index in [0.717, 1.165) is 6.07 Å². The second-order valence-corrected chi connectivity index (χ2v) is 5.27. The number of carbonyl (C=O) groups is 1. The topological polar surface area (TPSA) is 43.1 Å². The summed E-state index contributed by atoms with van der Waals surface area (Å²) in [6.45, 7) is 2.44. The fourth-order valence-corrected chi connectivity index (χ4v) is 1.91. The fourth-order valence-electron chi connectivity index (χ4n) is 1.54. The number of halogens is 3. The highest BCUT2D eigenvalue weighted by atomic mass is 79.9. The SMILES string of the molecule is CC(CN)CCC(=O)Cc1c(F)ccc(Br)c1F. The Hall–Kier alpha value is -0.810. The van der Waals surface area contributed by atoms with Gasteiger partial charge >= 0.3 is 0 Å². The van der Waals surface area contributed by atoms with Crippen molar-refractivity contribution in [1.29, 1.82) is 0 Å². The van der Waals surface area contributed by atoms with Crippen LogP contribution in [0.1, 0.15) is 25.3 Å². The minimum absolute atomic E-state index is 0.169. The van der Waals surface area contributed by atoms with Crippen LogP contribution in [-0.2, 0) is 11.2 Å². The zero-order valence-electron chi connectivity index (χ0n) is 10.2. The summed E-state index contributed by atoms with van der Waals surface area (Å²) in [5, 5.41) is 0. The lowest BCUT2D eigenvalue weighted by molar-refractivity contribution is -0.118. The molecule has 0 fully saturated rings. The van der Waals surface area contributed by atoms with Crippen LogP contribution < -0.4 is 5.73 Å². The molecule has 0 aromatic heterocycles. The quantitative estimate of drug-likeness (QED) is 0.818. The van der Waals surface area contributed by atoms with Crippen LogP contribution in [0.15, 0.2) is 16.6 Å². The van der Waals surface area contributed by atoms with E-state index in [2.05, 4.69) is 15.9 Å². The number of hydrogen-bond donors (Lipinski definition) is 1. The van der Waals surface area contributed by atoms with Crippen LogP contribution in [0.5, 0.6) is 0 Å². The predicted molar refractivity (Wildman–Crippen MR) is 70.2 cm³/mol. The van der Waals surface area contributed by atoms with Gasteiger partial charge < -0.3 is 5.73 Å². The maximum Gasteiger partial charge on any atom is 0.143 e. The maximum absolute atomic E-state index is 13.6. The molecular weight excluding hydrogens is 304 g/mol. The summed E-state index contributed by atoms with van der Waals surface area (Å²) in [5.41, 5.74) is 5.27. The van der Waals surface area contributed by atoms with E-state index in [4.69, 9.17) is 5.73 Å². The van der Waals surface area contributed by atoms with E-state index in [9.17, 15) is 13.6 Å². The molecule has 0 bridgehead atoms. The van der Waals surface area contributed by atoms with E-state index in [-0.39, 0.29) is 28.2 Å². The molecule has 5 heteroatoms. The molecule has 0 heterocycles. The molecule has 2 N–H and O–H groups in total. The van der Waals surface area contributed by atoms with Gasteiger partial charge in [0.15, 0.2) is 0 Å². The highest BCUT2D eigenvalue weighted by Gasteiger charge is 2.16. The Labute approximate surface area is 114 Å². The minimum atomic E-state index is -0.699. The summed E-state index contributed by atoms with van der Waals surface area (Å²) in [4.78, 5) is 11.7. The molecule has 1 unspecified atom stereocenters. The maximum atomic E-state index is 13.6. The van der Waals surface area contributed by atoms with E-state index >= 15 is 0 Å². The van der Waals surface area contributed by atoms with Crippen LogP contribution in [0.3, 0.4) is 0 Å². The molecule has 1 aromatic carbocycles. The molecule has 18 heavy (non-hydrogen) atoms. The Morgan fingerprint density at radius 1 is 1.44 bits per heavy atom. The summed E-state index contributed by atoms with van der Waals surface area (Å²) in [5.74, 6) is -1.32. The average molecular weight is 320 g/mol. The van der Waals surface area contributed by atoms with Crippen LogP contribution in [0, 0.1) is 17.6 Å². The van der Waals surface area contributed by atoms with Gasteiger partial charge in [0, 0.05) is 18.4 Å². The molecule has 1 rings (SSSR count). The zero-order valence-corrected chi connectivity index (χ0v) is 11.8. The van der Waals surface area contributed by atoms with E-state index in [1.165, 1.54) is 6.07 Å². The third kappa shape index (κ3) is 4.14. The second kappa shape index (κ2) is 6.95. The van der Waals surface area contributed by atoms with Crippen LogP contribution in [-0.4, -0.2) is 12.3 Å².